The Balaban J connectivity index is 1.96. The maximum atomic E-state index is 12.0. The summed E-state index contributed by atoms with van der Waals surface area (Å²) in [5.74, 6) is 0.0861. The number of hydrogen-bond donors (Lipinski definition) is 2. The zero-order valence-corrected chi connectivity index (χ0v) is 10.8. The molecule has 1 atom stereocenters. The zero-order valence-electron chi connectivity index (χ0n) is 10.0. The molecule has 0 spiro atoms. The molecule has 1 aliphatic rings. The number of piperidine rings is 1. The van der Waals surface area contributed by atoms with Gasteiger partial charge in [0.05, 0.1) is 6.04 Å². The van der Waals surface area contributed by atoms with Crippen LogP contribution in [0.2, 0.25) is 0 Å². The summed E-state index contributed by atoms with van der Waals surface area (Å²) in [6.07, 6.45) is 5.28. The standard InChI is InChI=1S/C13H18N2OS/c1-17-11-6-4-5-10(9-11)15-13(16)12-7-2-3-8-14-12/h4-6,9,12,14H,2-3,7-8H2,1H3,(H,15,16)/t12-/m0/s1. The first-order chi connectivity index (χ1) is 8.29. The molecule has 0 unspecified atom stereocenters. The average molecular weight is 250 g/mol. The van der Waals surface area contributed by atoms with E-state index in [1.807, 2.05) is 30.5 Å². The van der Waals surface area contributed by atoms with Gasteiger partial charge in [0.1, 0.15) is 0 Å². The van der Waals surface area contributed by atoms with Crippen LogP contribution in [-0.2, 0) is 4.79 Å². The van der Waals surface area contributed by atoms with E-state index in [0.29, 0.717) is 0 Å². The largest absolute Gasteiger partial charge is 0.325 e. The molecule has 1 aliphatic heterocycles. The maximum Gasteiger partial charge on any atom is 0.241 e. The minimum atomic E-state index is -0.0262. The van der Waals surface area contributed by atoms with Gasteiger partial charge in [-0.25, -0.2) is 0 Å². The smallest absolute Gasteiger partial charge is 0.241 e. The Morgan fingerprint density at radius 1 is 1.47 bits per heavy atom. The van der Waals surface area contributed by atoms with Crippen LogP contribution in [0, 0.1) is 0 Å². The Morgan fingerprint density at radius 2 is 2.35 bits per heavy atom. The van der Waals surface area contributed by atoms with Crippen molar-refractivity contribution < 1.29 is 4.79 Å². The molecule has 0 bridgehead atoms. The van der Waals surface area contributed by atoms with Crippen LogP contribution in [0.5, 0.6) is 0 Å². The first-order valence-electron chi connectivity index (χ1n) is 5.98. The van der Waals surface area contributed by atoms with Crippen LogP contribution in [0.3, 0.4) is 0 Å². The van der Waals surface area contributed by atoms with E-state index >= 15 is 0 Å². The van der Waals surface area contributed by atoms with E-state index in [4.69, 9.17) is 0 Å². The lowest BCUT2D eigenvalue weighted by molar-refractivity contribution is -0.118. The summed E-state index contributed by atoms with van der Waals surface area (Å²) in [7, 11) is 0. The zero-order chi connectivity index (χ0) is 12.1. The van der Waals surface area contributed by atoms with E-state index in [9.17, 15) is 4.79 Å². The number of carbonyl (C=O) groups is 1. The van der Waals surface area contributed by atoms with E-state index in [2.05, 4.69) is 10.6 Å². The maximum absolute atomic E-state index is 12.0. The lowest BCUT2D eigenvalue weighted by atomic mass is 10.0. The van der Waals surface area contributed by atoms with Crippen molar-refractivity contribution in [3.63, 3.8) is 0 Å². The van der Waals surface area contributed by atoms with Gasteiger partial charge < -0.3 is 10.6 Å². The molecule has 1 fully saturated rings. The van der Waals surface area contributed by atoms with Gasteiger partial charge in [0.15, 0.2) is 0 Å². The predicted octanol–water partition coefficient (Wildman–Crippen LogP) is 2.49. The van der Waals surface area contributed by atoms with Gasteiger partial charge in [0, 0.05) is 10.6 Å². The first-order valence-corrected chi connectivity index (χ1v) is 7.20. The molecule has 4 heteroatoms. The molecule has 2 rings (SSSR count). The Kier molecular flexibility index (Phi) is 4.45. The SMILES string of the molecule is CSc1cccc(NC(=O)[C@@H]2CCCCN2)c1. The van der Waals surface area contributed by atoms with Crippen LogP contribution in [0.15, 0.2) is 29.2 Å². The highest BCUT2D eigenvalue weighted by Gasteiger charge is 2.20. The molecule has 0 saturated carbocycles. The summed E-state index contributed by atoms with van der Waals surface area (Å²) in [4.78, 5) is 13.2. The second-order valence-corrected chi connectivity index (χ2v) is 5.10. The molecule has 1 aromatic carbocycles. The Hall–Kier alpha value is -1.00. The second kappa shape index (κ2) is 6.07. The van der Waals surface area contributed by atoms with Crippen LogP contribution in [0.4, 0.5) is 5.69 Å². The molecule has 0 aromatic heterocycles. The molecule has 1 saturated heterocycles. The third kappa shape index (κ3) is 3.48. The van der Waals surface area contributed by atoms with Gasteiger partial charge >= 0.3 is 0 Å². The van der Waals surface area contributed by atoms with Crippen molar-refractivity contribution in [2.24, 2.45) is 0 Å². The van der Waals surface area contributed by atoms with Gasteiger partial charge in [0.25, 0.3) is 0 Å². The molecule has 17 heavy (non-hydrogen) atoms. The summed E-state index contributed by atoms with van der Waals surface area (Å²) in [6.45, 7) is 0.947. The molecule has 1 amide bonds. The van der Waals surface area contributed by atoms with Crippen molar-refractivity contribution in [3.05, 3.63) is 24.3 Å². The number of amides is 1. The number of carbonyl (C=O) groups excluding carboxylic acids is 1. The lowest BCUT2D eigenvalue weighted by Crippen LogP contribution is -2.43. The minimum absolute atomic E-state index is 0.0262. The van der Waals surface area contributed by atoms with Gasteiger partial charge in [-0.05, 0) is 43.8 Å². The fourth-order valence-electron chi connectivity index (χ4n) is 2.01. The highest BCUT2D eigenvalue weighted by Crippen LogP contribution is 2.19. The Morgan fingerprint density at radius 3 is 3.06 bits per heavy atom. The highest BCUT2D eigenvalue weighted by atomic mass is 32.2. The Labute approximate surface area is 106 Å². The number of hydrogen-bond acceptors (Lipinski definition) is 3. The number of anilines is 1. The average Bonchev–Trinajstić information content (AvgIpc) is 2.40. The van der Waals surface area contributed by atoms with Crippen molar-refractivity contribution in [3.8, 4) is 0 Å². The van der Waals surface area contributed by atoms with E-state index in [0.717, 1.165) is 25.1 Å². The van der Waals surface area contributed by atoms with Gasteiger partial charge in [-0.3, -0.25) is 4.79 Å². The minimum Gasteiger partial charge on any atom is -0.325 e. The molecule has 3 nitrogen and oxygen atoms in total. The van der Waals surface area contributed by atoms with Crippen molar-refractivity contribution >= 4 is 23.4 Å². The van der Waals surface area contributed by atoms with E-state index < -0.39 is 0 Å². The fourth-order valence-corrected chi connectivity index (χ4v) is 2.47. The van der Waals surface area contributed by atoms with Crippen LogP contribution in [0.1, 0.15) is 19.3 Å². The topological polar surface area (TPSA) is 41.1 Å². The number of thioether (sulfide) groups is 1. The molecular weight excluding hydrogens is 232 g/mol. The molecular formula is C13H18N2OS. The summed E-state index contributed by atoms with van der Waals surface area (Å²) in [6, 6.07) is 7.92. The second-order valence-electron chi connectivity index (χ2n) is 4.22. The number of rotatable bonds is 3. The molecule has 1 aromatic rings. The monoisotopic (exact) mass is 250 g/mol. The van der Waals surface area contributed by atoms with Crippen molar-refractivity contribution in [2.75, 3.05) is 18.1 Å². The fraction of sp³-hybridized carbons (Fsp3) is 0.462. The van der Waals surface area contributed by atoms with Gasteiger partial charge in [0.2, 0.25) is 5.91 Å². The third-order valence-corrected chi connectivity index (χ3v) is 3.69. The molecule has 92 valence electrons. The molecule has 1 heterocycles. The van der Waals surface area contributed by atoms with E-state index in [1.54, 1.807) is 11.8 Å². The molecule has 0 aliphatic carbocycles. The molecule has 0 radical (unpaired) electrons. The normalized spacial score (nSPS) is 19.9. The van der Waals surface area contributed by atoms with Crippen molar-refractivity contribution in [1.82, 2.24) is 5.32 Å². The van der Waals surface area contributed by atoms with Crippen molar-refractivity contribution in [2.45, 2.75) is 30.2 Å². The van der Waals surface area contributed by atoms with Gasteiger partial charge in [-0.2, -0.15) is 0 Å². The quantitative estimate of drug-likeness (QED) is 0.810. The molecule has 2 N–H and O–H groups in total. The Bertz CT molecular complexity index is 389. The summed E-state index contributed by atoms with van der Waals surface area (Å²) in [5.41, 5.74) is 0.884. The first kappa shape index (κ1) is 12.5. The van der Waals surface area contributed by atoms with Gasteiger partial charge in [-0.15, -0.1) is 11.8 Å². The van der Waals surface area contributed by atoms with Crippen molar-refractivity contribution in [1.29, 1.82) is 0 Å². The summed E-state index contributed by atoms with van der Waals surface area (Å²) in [5, 5.41) is 6.22. The van der Waals surface area contributed by atoms with Crippen LogP contribution in [0.25, 0.3) is 0 Å². The number of benzene rings is 1. The lowest BCUT2D eigenvalue weighted by Gasteiger charge is -2.22. The van der Waals surface area contributed by atoms with Gasteiger partial charge in [-0.1, -0.05) is 12.5 Å². The van der Waals surface area contributed by atoms with E-state index in [1.165, 1.54) is 11.3 Å². The van der Waals surface area contributed by atoms with Crippen LogP contribution in [-0.4, -0.2) is 24.7 Å². The number of nitrogens with one attached hydrogen (secondary N) is 2. The van der Waals surface area contributed by atoms with E-state index in [-0.39, 0.29) is 11.9 Å². The van der Waals surface area contributed by atoms with Crippen LogP contribution >= 0.6 is 11.8 Å². The predicted molar refractivity (Wildman–Crippen MR) is 72.5 cm³/mol. The summed E-state index contributed by atoms with van der Waals surface area (Å²) >= 11 is 1.68. The third-order valence-electron chi connectivity index (χ3n) is 2.96. The summed E-state index contributed by atoms with van der Waals surface area (Å²) < 4.78 is 0. The van der Waals surface area contributed by atoms with Crippen LogP contribution < -0.4 is 10.6 Å². The highest BCUT2D eigenvalue weighted by molar-refractivity contribution is 7.98.